The van der Waals surface area contributed by atoms with E-state index in [4.69, 9.17) is 0 Å². The second-order valence-corrected chi connectivity index (χ2v) is 10.1. The van der Waals surface area contributed by atoms with E-state index in [0.29, 0.717) is 56.4 Å². The van der Waals surface area contributed by atoms with E-state index in [-0.39, 0.29) is 24.8 Å². The maximum absolute atomic E-state index is 14.0. The minimum absolute atomic E-state index is 0. The topological polar surface area (TPSA) is 69.6 Å². The molecule has 36 heavy (non-hydrogen) atoms. The maximum Gasteiger partial charge on any atom is 0.248 e. The van der Waals surface area contributed by atoms with E-state index < -0.39 is 32.4 Å². The Kier molecular flexibility index (Phi) is 8.88. The van der Waals surface area contributed by atoms with E-state index in [1.165, 1.54) is 19.2 Å². The standard InChI is InChI=1S/C23H23F4N5O2S.ClH/c1-30(35(33,34)22-19(26)14-18(25)15-20(22)27)8-9-31-10-12-32(13-11-31)23-21(28-6-7-29-23)16-2-4-17(24)5-3-16;/h2-7,14-15H,8-13H2,1H3;1H. The van der Waals surface area contributed by atoms with Crippen LogP contribution in [0.1, 0.15) is 0 Å². The number of hydrogen-bond donors (Lipinski definition) is 0. The molecule has 0 radical (unpaired) electrons. The summed E-state index contributed by atoms with van der Waals surface area (Å²) < 4.78 is 80.6. The molecule has 0 spiro atoms. The quantitative estimate of drug-likeness (QED) is 0.423. The number of halogens is 5. The van der Waals surface area contributed by atoms with Gasteiger partial charge in [-0.3, -0.25) is 9.88 Å². The van der Waals surface area contributed by atoms with Crippen molar-refractivity contribution in [1.29, 1.82) is 0 Å². The van der Waals surface area contributed by atoms with Gasteiger partial charge >= 0.3 is 0 Å². The third-order valence-electron chi connectivity index (χ3n) is 5.83. The Morgan fingerprint density at radius 2 is 1.47 bits per heavy atom. The van der Waals surface area contributed by atoms with Crippen LogP contribution < -0.4 is 4.90 Å². The molecule has 1 saturated heterocycles. The molecular formula is C23H24ClF4N5O2S. The van der Waals surface area contributed by atoms with Crippen molar-refractivity contribution >= 4 is 28.2 Å². The van der Waals surface area contributed by atoms with Gasteiger partial charge in [0.15, 0.2) is 10.7 Å². The molecule has 1 aliphatic rings. The van der Waals surface area contributed by atoms with E-state index in [2.05, 4.69) is 9.97 Å². The highest BCUT2D eigenvalue weighted by Crippen LogP contribution is 2.28. The molecule has 0 N–H and O–H groups in total. The van der Waals surface area contributed by atoms with Gasteiger partial charge in [-0.1, -0.05) is 0 Å². The fourth-order valence-electron chi connectivity index (χ4n) is 3.89. The molecule has 1 fully saturated rings. The fourth-order valence-corrected chi connectivity index (χ4v) is 5.13. The summed E-state index contributed by atoms with van der Waals surface area (Å²) in [6.45, 7) is 2.68. The molecule has 2 heterocycles. The summed E-state index contributed by atoms with van der Waals surface area (Å²) in [6, 6.07) is 6.69. The number of hydrogen-bond acceptors (Lipinski definition) is 6. The largest absolute Gasteiger partial charge is 0.352 e. The van der Waals surface area contributed by atoms with Crippen LogP contribution in [0.15, 0.2) is 53.7 Å². The molecule has 0 amide bonds. The van der Waals surface area contributed by atoms with Crippen molar-refractivity contribution in [1.82, 2.24) is 19.2 Å². The SMILES string of the molecule is CN(CCN1CCN(c2nccnc2-c2ccc(F)cc2)CC1)S(=O)(=O)c1c(F)cc(F)cc1F.Cl. The average Bonchev–Trinajstić information content (AvgIpc) is 2.82. The highest BCUT2D eigenvalue weighted by Gasteiger charge is 2.30. The number of nitrogens with zero attached hydrogens (tertiary/aromatic N) is 5. The Hall–Kier alpha value is -2.80. The van der Waals surface area contributed by atoms with Crippen LogP contribution >= 0.6 is 12.4 Å². The Morgan fingerprint density at radius 3 is 2.08 bits per heavy atom. The van der Waals surface area contributed by atoms with Crippen molar-refractivity contribution in [2.75, 3.05) is 51.2 Å². The van der Waals surface area contributed by atoms with Gasteiger partial charge in [0.25, 0.3) is 0 Å². The highest BCUT2D eigenvalue weighted by atomic mass is 35.5. The van der Waals surface area contributed by atoms with Crippen molar-refractivity contribution in [3.8, 4) is 11.3 Å². The van der Waals surface area contributed by atoms with E-state index >= 15 is 0 Å². The predicted molar refractivity (Wildman–Crippen MR) is 129 cm³/mol. The zero-order chi connectivity index (χ0) is 25.2. The molecule has 1 aromatic heterocycles. The molecular weight excluding hydrogens is 522 g/mol. The highest BCUT2D eigenvalue weighted by molar-refractivity contribution is 7.89. The Balaban J connectivity index is 0.00000361. The molecule has 7 nitrogen and oxygen atoms in total. The maximum atomic E-state index is 14.0. The third-order valence-corrected chi connectivity index (χ3v) is 7.74. The van der Waals surface area contributed by atoms with Crippen LogP contribution in [0.25, 0.3) is 11.3 Å². The van der Waals surface area contributed by atoms with Crippen molar-refractivity contribution < 1.29 is 26.0 Å². The first-order chi connectivity index (χ1) is 16.7. The molecule has 0 bridgehead atoms. The smallest absolute Gasteiger partial charge is 0.248 e. The van der Waals surface area contributed by atoms with Crippen LogP contribution in [0.5, 0.6) is 0 Å². The molecule has 0 atom stereocenters. The van der Waals surface area contributed by atoms with E-state index in [1.54, 1.807) is 24.5 Å². The first-order valence-corrected chi connectivity index (χ1v) is 12.3. The number of sulfonamides is 1. The van der Waals surface area contributed by atoms with Crippen LogP contribution in [0, 0.1) is 23.3 Å². The van der Waals surface area contributed by atoms with Gasteiger partial charge in [-0.25, -0.2) is 31.0 Å². The van der Waals surface area contributed by atoms with Crippen molar-refractivity contribution in [2.24, 2.45) is 0 Å². The number of piperazine rings is 1. The summed E-state index contributed by atoms with van der Waals surface area (Å²) >= 11 is 0. The van der Waals surface area contributed by atoms with E-state index in [0.717, 1.165) is 9.87 Å². The fraction of sp³-hybridized carbons (Fsp3) is 0.304. The average molecular weight is 546 g/mol. The van der Waals surface area contributed by atoms with Gasteiger partial charge < -0.3 is 4.90 Å². The number of benzene rings is 2. The number of aromatic nitrogens is 2. The number of rotatable bonds is 7. The van der Waals surface area contributed by atoms with Gasteiger partial charge in [-0.15, -0.1) is 12.4 Å². The van der Waals surface area contributed by atoms with Gasteiger partial charge in [0.1, 0.15) is 29.0 Å². The van der Waals surface area contributed by atoms with Crippen molar-refractivity contribution in [3.63, 3.8) is 0 Å². The van der Waals surface area contributed by atoms with Gasteiger partial charge in [-0.2, -0.15) is 4.31 Å². The first-order valence-electron chi connectivity index (χ1n) is 10.8. The molecule has 0 aliphatic carbocycles. The third kappa shape index (κ3) is 5.94. The van der Waals surface area contributed by atoms with Gasteiger partial charge in [0, 0.05) is 76.4 Å². The number of likely N-dealkylation sites (N-methyl/N-ethyl adjacent to an activating group) is 1. The molecule has 3 aromatic rings. The summed E-state index contributed by atoms with van der Waals surface area (Å²) in [4.78, 5) is 11.8. The van der Waals surface area contributed by atoms with Crippen LogP contribution in [0.2, 0.25) is 0 Å². The normalized spacial score (nSPS) is 14.7. The summed E-state index contributed by atoms with van der Waals surface area (Å²) in [5.74, 6) is -3.80. The molecule has 0 unspecified atom stereocenters. The second-order valence-electron chi connectivity index (χ2n) is 8.09. The lowest BCUT2D eigenvalue weighted by Crippen LogP contribution is -2.49. The monoisotopic (exact) mass is 545 g/mol. The minimum Gasteiger partial charge on any atom is -0.352 e. The molecule has 194 valence electrons. The van der Waals surface area contributed by atoms with Gasteiger partial charge in [-0.05, 0) is 24.3 Å². The van der Waals surface area contributed by atoms with Crippen LogP contribution in [0.3, 0.4) is 0 Å². The zero-order valence-corrected chi connectivity index (χ0v) is 20.9. The lowest BCUT2D eigenvalue weighted by molar-refractivity contribution is 0.243. The molecule has 2 aromatic carbocycles. The van der Waals surface area contributed by atoms with Crippen molar-refractivity contribution in [2.45, 2.75) is 4.90 Å². The summed E-state index contributed by atoms with van der Waals surface area (Å²) in [5, 5.41) is 0. The molecule has 13 heteroatoms. The lowest BCUT2D eigenvalue weighted by atomic mass is 10.1. The minimum atomic E-state index is -4.48. The lowest BCUT2D eigenvalue weighted by Gasteiger charge is -2.36. The Bertz CT molecular complexity index is 1280. The summed E-state index contributed by atoms with van der Waals surface area (Å²) in [7, 11) is -3.25. The van der Waals surface area contributed by atoms with E-state index in [9.17, 15) is 26.0 Å². The second kappa shape index (κ2) is 11.5. The molecule has 1 aliphatic heterocycles. The van der Waals surface area contributed by atoms with Crippen LogP contribution in [-0.4, -0.2) is 73.9 Å². The van der Waals surface area contributed by atoms with Crippen LogP contribution in [0.4, 0.5) is 23.4 Å². The summed E-state index contributed by atoms with van der Waals surface area (Å²) in [5.41, 5.74) is 1.37. The molecule has 0 saturated carbocycles. The van der Waals surface area contributed by atoms with E-state index in [1.807, 2.05) is 9.80 Å². The zero-order valence-electron chi connectivity index (χ0n) is 19.2. The van der Waals surface area contributed by atoms with Crippen molar-refractivity contribution in [3.05, 3.63) is 72.1 Å². The molecule has 4 rings (SSSR count). The summed E-state index contributed by atoms with van der Waals surface area (Å²) in [6.07, 6.45) is 3.16. The number of anilines is 1. The van der Waals surface area contributed by atoms with Crippen LogP contribution in [-0.2, 0) is 10.0 Å². The Labute approximate surface area is 212 Å². The van der Waals surface area contributed by atoms with Gasteiger partial charge in [0.05, 0.1) is 0 Å². The predicted octanol–water partition coefficient (Wildman–Crippen LogP) is 3.56. The first kappa shape index (κ1) is 27.8. The Morgan fingerprint density at radius 1 is 0.889 bits per heavy atom. The van der Waals surface area contributed by atoms with Gasteiger partial charge in [0.2, 0.25) is 10.0 Å².